The number of nitrogens with one attached hydrogen (secondary N) is 1. The molecule has 0 fully saturated rings. The normalized spacial score (nSPS) is 10.7. The first-order valence-corrected chi connectivity index (χ1v) is 6.67. The van der Waals surface area contributed by atoms with Gasteiger partial charge in [-0.3, -0.25) is 4.98 Å². The Bertz CT molecular complexity index is 741. The summed E-state index contributed by atoms with van der Waals surface area (Å²) in [5.74, 6) is 0.204. The molecule has 3 rings (SSSR count). The predicted octanol–water partition coefficient (Wildman–Crippen LogP) is 4.21. The van der Waals surface area contributed by atoms with Crippen LogP contribution in [0.15, 0.2) is 54.7 Å². The number of aromatic nitrogens is 1. The molecule has 1 heterocycles. The molecule has 0 atom stereocenters. The second-order valence-electron chi connectivity index (χ2n) is 4.50. The number of hydrogen-bond donors (Lipinski definition) is 2. The first-order chi connectivity index (χ1) is 9.74. The molecular weight excluding hydrogens is 272 g/mol. The molecule has 2 aromatic carbocycles. The molecule has 0 saturated carbocycles. The minimum atomic E-state index is 0.204. The highest BCUT2D eigenvalue weighted by Gasteiger charge is 2.05. The second-order valence-corrected chi connectivity index (χ2v) is 4.94. The molecule has 0 bridgehead atoms. The van der Waals surface area contributed by atoms with Gasteiger partial charge in [0.2, 0.25) is 0 Å². The van der Waals surface area contributed by atoms with Crippen molar-refractivity contribution in [3.63, 3.8) is 0 Å². The zero-order chi connectivity index (χ0) is 13.9. The van der Waals surface area contributed by atoms with Crippen LogP contribution < -0.4 is 5.32 Å². The van der Waals surface area contributed by atoms with Crippen LogP contribution in [0.4, 0.5) is 5.69 Å². The summed E-state index contributed by atoms with van der Waals surface area (Å²) in [5.41, 5.74) is 2.71. The summed E-state index contributed by atoms with van der Waals surface area (Å²) >= 11 is 5.86. The first-order valence-electron chi connectivity index (χ1n) is 6.29. The smallest absolute Gasteiger partial charge is 0.141 e. The van der Waals surface area contributed by atoms with Crippen molar-refractivity contribution in [3.05, 3.63) is 65.3 Å². The number of anilines is 1. The number of halogens is 1. The van der Waals surface area contributed by atoms with E-state index in [-0.39, 0.29) is 5.75 Å². The number of phenolic OH excluding ortho intramolecular Hbond substituents is 1. The van der Waals surface area contributed by atoms with Gasteiger partial charge in [-0.15, -0.1) is 0 Å². The largest absolute Gasteiger partial charge is 0.506 e. The van der Waals surface area contributed by atoms with Gasteiger partial charge in [-0.05, 0) is 42.0 Å². The van der Waals surface area contributed by atoms with Gasteiger partial charge in [-0.2, -0.15) is 0 Å². The maximum absolute atomic E-state index is 9.81. The lowest BCUT2D eigenvalue weighted by molar-refractivity contribution is 0.480. The van der Waals surface area contributed by atoms with Crippen LogP contribution in [0.5, 0.6) is 5.75 Å². The number of pyridine rings is 1. The number of rotatable bonds is 3. The summed E-state index contributed by atoms with van der Waals surface area (Å²) in [6, 6.07) is 15.0. The van der Waals surface area contributed by atoms with Crippen molar-refractivity contribution in [1.29, 1.82) is 0 Å². The lowest BCUT2D eigenvalue weighted by Crippen LogP contribution is -2.00. The minimum Gasteiger partial charge on any atom is -0.506 e. The standard InChI is InChI=1S/C16H13ClN2O/c17-12-4-6-13(7-5-12)19-10-11-3-8-15(20)16-14(11)2-1-9-18-16/h1-9,19-20H,10H2. The zero-order valence-corrected chi connectivity index (χ0v) is 11.4. The summed E-state index contributed by atoms with van der Waals surface area (Å²) in [6.07, 6.45) is 1.68. The number of nitrogens with zero attached hydrogens (tertiary/aromatic N) is 1. The fourth-order valence-electron chi connectivity index (χ4n) is 2.14. The van der Waals surface area contributed by atoms with Crippen molar-refractivity contribution in [2.75, 3.05) is 5.32 Å². The van der Waals surface area contributed by atoms with Crippen LogP contribution in [0, 0.1) is 0 Å². The highest BCUT2D eigenvalue weighted by Crippen LogP contribution is 2.26. The van der Waals surface area contributed by atoms with E-state index in [2.05, 4.69) is 10.3 Å². The van der Waals surface area contributed by atoms with Crippen molar-refractivity contribution >= 4 is 28.2 Å². The molecule has 0 radical (unpaired) electrons. The van der Waals surface area contributed by atoms with E-state index in [4.69, 9.17) is 11.6 Å². The van der Waals surface area contributed by atoms with Crippen LogP contribution >= 0.6 is 11.6 Å². The van der Waals surface area contributed by atoms with Crippen LogP contribution in [-0.2, 0) is 6.54 Å². The predicted molar refractivity (Wildman–Crippen MR) is 82.2 cm³/mol. The molecule has 0 spiro atoms. The van der Waals surface area contributed by atoms with E-state index < -0.39 is 0 Å². The van der Waals surface area contributed by atoms with E-state index in [1.807, 2.05) is 42.5 Å². The molecule has 1 aromatic heterocycles. The molecule has 2 N–H and O–H groups in total. The van der Waals surface area contributed by atoms with E-state index in [0.717, 1.165) is 21.7 Å². The topological polar surface area (TPSA) is 45.1 Å². The molecule has 4 heteroatoms. The molecular formula is C16H13ClN2O. The third kappa shape index (κ3) is 2.53. The summed E-state index contributed by atoms with van der Waals surface area (Å²) in [5, 5.41) is 14.8. The monoisotopic (exact) mass is 284 g/mol. The lowest BCUT2D eigenvalue weighted by atomic mass is 10.1. The SMILES string of the molecule is Oc1ccc(CNc2ccc(Cl)cc2)c2cccnc12. The third-order valence-corrected chi connectivity index (χ3v) is 3.42. The quantitative estimate of drug-likeness (QED) is 0.757. The van der Waals surface area contributed by atoms with Gasteiger partial charge < -0.3 is 10.4 Å². The first kappa shape index (κ1) is 12.8. The Hall–Kier alpha value is -2.26. The van der Waals surface area contributed by atoms with Gasteiger partial charge in [0, 0.05) is 28.8 Å². The Morgan fingerprint density at radius 1 is 1.05 bits per heavy atom. The molecule has 0 aliphatic rings. The van der Waals surface area contributed by atoms with Crippen molar-refractivity contribution in [3.8, 4) is 5.75 Å². The maximum Gasteiger partial charge on any atom is 0.141 e. The van der Waals surface area contributed by atoms with Crippen molar-refractivity contribution in [1.82, 2.24) is 4.98 Å². The molecule has 20 heavy (non-hydrogen) atoms. The molecule has 0 amide bonds. The molecule has 3 nitrogen and oxygen atoms in total. The Kier molecular flexibility index (Phi) is 3.44. The maximum atomic E-state index is 9.81. The summed E-state index contributed by atoms with van der Waals surface area (Å²) < 4.78 is 0. The van der Waals surface area contributed by atoms with Crippen molar-refractivity contribution in [2.45, 2.75) is 6.54 Å². The highest BCUT2D eigenvalue weighted by molar-refractivity contribution is 6.30. The highest BCUT2D eigenvalue weighted by atomic mass is 35.5. The summed E-state index contributed by atoms with van der Waals surface area (Å²) in [4.78, 5) is 4.21. The van der Waals surface area contributed by atoms with Gasteiger partial charge in [-0.25, -0.2) is 0 Å². The summed E-state index contributed by atoms with van der Waals surface area (Å²) in [7, 11) is 0. The number of phenols is 1. The molecule has 0 unspecified atom stereocenters. The van der Waals surface area contributed by atoms with Gasteiger partial charge in [0.1, 0.15) is 11.3 Å². The van der Waals surface area contributed by atoms with Crippen LogP contribution in [0.25, 0.3) is 10.9 Å². The number of aromatic hydroxyl groups is 1. The summed E-state index contributed by atoms with van der Waals surface area (Å²) in [6.45, 7) is 0.657. The molecule has 0 aliphatic heterocycles. The average Bonchev–Trinajstić information content (AvgIpc) is 2.49. The van der Waals surface area contributed by atoms with Gasteiger partial charge in [0.05, 0.1) is 0 Å². The van der Waals surface area contributed by atoms with Crippen LogP contribution in [0.3, 0.4) is 0 Å². The second kappa shape index (κ2) is 5.39. The Balaban J connectivity index is 1.88. The van der Waals surface area contributed by atoms with Gasteiger partial charge in [0.25, 0.3) is 0 Å². The van der Waals surface area contributed by atoms with Crippen LogP contribution in [0.1, 0.15) is 5.56 Å². The van der Waals surface area contributed by atoms with E-state index in [1.165, 1.54) is 0 Å². The average molecular weight is 285 g/mol. The molecule has 3 aromatic rings. The number of benzene rings is 2. The fraction of sp³-hybridized carbons (Fsp3) is 0.0625. The fourth-order valence-corrected chi connectivity index (χ4v) is 2.26. The molecule has 0 aliphatic carbocycles. The van der Waals surface area contributed by atoms with Crippen molar-refractivity contribution in [2.24, 2.45) is 0 Å². The zero-order valence-electron chi connectivity index (χ0n) is 10.7. The van der Waals surface area contributed by atoms with Crippen LogP contribution in [0.2, 0.25) is 5.02 Å². The van der Waals surface area contributed by atoms with Crippen LogP contribution in [-0.4, -0.2) is 10.1 Å². The Morgan fingerprint density at radius 3 is 2.65 bits per heavy atom. The van der Waals surface area contributed by atoms with Gasteiger partial charge in [0.15, 0.2) is 0 Å². The minimum absolute atomic E-state index is 0.204. The van der Waals surface area contributed by atoms with E-state index in [0.29, 0.717) is 12.1 Å². The Labute approximate surface area is 121 Å². The lowest BCUT2D eigenvalue weighted by Gasteiger charge is -2.10. The Morgan fingerprint density at radius 2 is 1.85 bits per heavy atom. The van der Waals surface area contributed by atoms with Gasteiger partial charge in [-0.1, -0.05) is 23.7 Å². The van der Waals surface area contributed by atoms with Crippen molar-refractivity contribution < 1.29 is 5.11 Å². The van der Waals surface area contributed by atoms with E-state index in [1.54, 1.807) is 12.3 Å². The molecule has 0 saturated heterocycles. The number of hydrogen-bond acceptors (Lipinski definition) is 3. The van der Waals surface area contributed by atoms with E-state index >= 15 is 0 Å². The van der Waals surface area contributed by atoms with E-state index in [9.17, 15) is 5.11 Å². The van der Waals surface area contributed by atoms with Gasteiger partial charge >= 0.3 is 0 Å². The molecule has 100 valence electrons. The third-order valence-electron chi connectivity index (χ3n) is 3.17. The number of fused-ring (bicyclic) bond motifs is 1.